The third-order valence-corrected chi connectivity index (χ3v) is 25.1. The highest BCUT2D eigenvalue weighted by molar-refractivity contribution is 6.01. The van der Waals surface area contributed by atoms with Gasteiger partial charge in [-0.1, -0.05) is 197 Å². The van der Waals surface area contributed by atoms with Crippen LogP contribution in [0.2, 0.25) is 0 Å². The largest absolute Gasteiger partial charge is 0.363 e. The molecule has 10 fully saturated rings. The molecule has 16 bridgehead atoms. The van der Waals surface area contributed by atoms with Crippen LogP contribution in [0.5, 0.6) is 0 Å². The molecule has 8 aliphatic carbocycles. The van der Waals surface area contributed by atoms with Gasteiger partial charge >= 0.3 is 0 Å². The van der Waals surface area contributed by atoms with Crippen molar-refractivity contribution in [3.05, 3.63) is 291 Å². The van der Waals surface area contributed by atoms with Gasteiger partial charge in [-0.3, -0.25) is 59.8 Å². The second kappa shape index (κ2) is 21.4. The summed E-state index contributed by atoms with van der Waals surface area (Å²) in [5.41, 5.74) is 2.63. The standard InChI is InChI=1S/2C39H39N5O5/c2*1-24-14-16-27(17-15-24)42-28-20-37(2,3)21-29(45)31(28)33-32-34-39(44(48)49)30(18-19-40(34)22-25-10-6-4-7-11-25)38(33,43(46)47)36(42)41(35(32)39)23-26-12-8-5-9-13-26/h2*4-19,30,32-36H,20-23H2,1-3H3/t2*30-,32-,33+,34+,35-,36+,38+,39-/m10/s1. The molecule has 22 rings (SSSR count). The Morgan fingerprint density at radius 3 is 1.01 bits per heavy atom. The van der Waals surface area contributed by atoms with Gasteiger partial charge in [0.1, 0.15) is 23.9 Å². The van der Waals surface area contributed by atoms with Gasteiger partial charge < -0.3 is 19.6 Å². The van der Waals surface area contributed by atoms with Gasteiger partial charge in [0.25, 0.3) is 22.2 Å². The highest BCUT2D eigenvalue weighted by atomic mass is 16.7. The van der Waals surface area contributed by atoms with Crippen LogP contribution in [0, 0.1) is 101 Å². The van der Waals surface area contributed by atoms with E-state index >= 15 is 0 Å². The number of hydrogen-bond acceptors (Lipinski definition) is 16. The molecular formula is C78H78N10O10. The summed E-state index contributed by atoms with van der Waals surface area (Å²) in [7, 11) is 0. The molecule has 0 unspecified atom stereocenters. The zero-order valence-electron chi connectivity index (χ0n) is 55.6. The first kappa shape index (κ1) is 61.9. The van der Waals surface area contributed by atoms with Gasteiger partial charge in [-0.15, -0.1) is 0 Å². The molecule has 6 aromatic rings. The van der Waals surface area contributed by atoms with Gasteiger partial charge in [0, 0.05) is 104 Å². The fraction of sp³-hybridized carbons (Fsp3) is 0.410. The van der Waals surface area contributed by atoms with E-state index in [1.165, 1.54) is 0 Å². The predicted molar refractivity (Wildman–Crippen MR) is 366 cm³/mol. The average Bonchev–Trinajstić information content (AvgIpc) is 0.620. The van der Waals surface area contributed by atoms with E-state index in [1.807, 2.05) is 206 Å². The molecule has 6 aromatic carbocycles. The molecule has 98 heavy (non-hydrogen) atoms. The number of ketones is 2. The van der Waals surface area contributed by atoms with Crippen molar-refractivity contribution in [2.75, 3.05) is 9.80 Å². The molecule has 0 aromatic heterocycles. The summed E-state index contributed by atoms with van der Waals surface area (Å²) >= 11 is 0. The Morgan fingerprint density at radius 1 is 0.398 bits per heavy atom. The number of carbonyl (C=O) groups is 2. The van der Waals surface area contributed by atoms with Crippen LogP contribution < -0.4 is 9.80 Å². The minimum atomic E-state index is -1.84. The Labute approximate surface area is 568 Å². The van der Waals surface area contributed by atoms with Gasteiger partial charge in [0.05, 0.1) is 23.9 Å². The quantitative estimate of drug-likeness (QED) is 0.0730. The highest BCUT2D eigenvalue weighted by Gasteiger charge is 2.99. The number of benzene rings is 6. The second-order valence-electron chi connectivity index (χ2n) is 31.5. The number of aryl methyl sites for hydroxylation is 2. The number of Topliss-reactive ketones (excluding diaryl/α,β-unsaturated/α-hetero) is 2. The summed E-state index contributed by atoms with van der Waals surface area (Å²) in [4.78, 5) is 96.9. The van der Waals surface area contributed by atoms with Crippen molar-refractivity contribution < 1.29 is 29.3 Å². The number of nitrogens with zero attached hydrogens (tertiary/aromatic N) is 10. The van der Waals surface area contributed by atoms with Gasteiger partial charge in [-0.2, -0.15) is 0 Å². The fourth-order valence-corrected chi connectivity index (χ4v) is 22.3. The van der Waals surface area contributed by atoms with Crippen LogP contribution in [-0.4, -0.2) is 110 Å². The minimum absolute atomic E-state index is 0.0644. The van der Waals surface area contributed by atoms with E-state index in [-0.39, 0.29) is 54.9 Å². The van der Waals surface area contributed by atoms with Crippen molar-refractivity contribution in [3.63, 3.8) is 0 Å². The first-order chi connectivity index (χ1) is 47.0. The van der Waals surface area contributed by atoms with Crippen LogP contribution in [0.1, 0.15) is 86.8 Å². The Hall–Kier alpha value is -9.66. The van der Waals surface area contributed by atoms with E-state index in [4.69, 9.17) is 0 Å². The SMILES string of the molecule is Cc1ccc(N2C3=C(C(=O)CC(C)(C)C3)[C@@H]3[C@@H]4[C@@H]5N(Cc6ccccc6)[C@H]2[C@@]3([N+](=O)[O-])[C@@H]2C=CN(Cc3ccccc3)[C@H]4[C@@]25[N+](=O)[O-])cc1.Cc1ccc(N2C3=C(C(=O)CC(C)(C)C3)[C@H]3[C@@H]4[C@@H]5N(Cc6ccccc6)C=C[C@@H]6[C@@]3([N+](=O)[O-])[C@H]2N(Cc2ccccc2)[C@H]4[C@@]65[N+](=O)[O-])cc1. The van der Waals surface area contributed by atoms with Crippen molar-refractivity contribution in [3.8, 4) is 0 Å². The lowest BCUT2D eigenvalue weighted by Gasteiger charge is -2.79. The monoisotopic (exact) mass is 1310 g/mol. The Bertz CT molecular complexity index is 4210. The van der Waals surface area contributed by atoms with Gasteiger partial charge in [-0.05, 0) is 96.4 Å². The molecule has 20 heteroatoms. The van der Waals surface area contributed by atoms with Crippen molar-refractivity contribution in [1.29, 1.82) is 0 Å². The normalized spacial score (nSPS) is 34.8. The van der Waals surface area contributed by atoms with E-state index in [9.17, 15) is 50.0 Å². The van der Waals surface area contributed by atoms with Crippen LogP contribution in [0.15, 0.2) is 217 Å². The number of carbonyl (C=O) groups excluding carboxylic acids is 2. The Balaban J connectivity index is 0.000000147. The van der Waals surface area contributed by atoms with Crippen molar-refractivity contribution in [2.45, 2.75) is 152 Å². The summed E-state index contributed by atoms with van der Waals surface area (Å²) in [5.74, 6) is -4.68. The number of anilines is 2. The van der Waals surface area contributed by atoms with Crippen LogP contribution in [0.3, 0.4) is 0 Å². The number of piperidine rings is 4. The molecule has 8 aliphatic heterocycles. The van der Waals surface area contributed by atoms with Crippen LogP contribution >= 0.6 is 0 Å². The predicted octanol–water partition coefficient (Wildman–Crippen LogP) is 11.9. The fourth-order valence-electron chi connectivity index (χ4n) is 22.3. The average molecular weight is 1320 g/mol. The van der Waals surface area contributed by atoms with Crippen molar-refractivity contribution >= 4 is 22.9 Å². The summed E-state index contributed by atoms with van der Waals surface area (Å²) in [6.45, 7) is 13.9. The maximum Gasteiger partial charge on any atom is 0.276 e. The third-order valence-electron chi connectivity index (χ3n) is 25.1. The molecule has 20 nitrogen and oxygen atoms in total. The van der Waals surface area contributed by atoms with E-state index in [0.29, 0.717) is 50.2 Å². The van der Waals surface area contributed by atoms with E-state index < -0.39 is 94.2 Å². The summed E-state index contributed by atoms with van der Waals surface area (Å²) in [6, 6.07) is 52.7. The molecule has 0 amide bonds. The topological polar surface area (TPSA) is 226 Å². The molecule has 16 aliphatic rings. The number of nitro groups is 4. The second-order valence-corrected chi connectivity index (χ2v) is 31.5. The highest BCUT2D eigenvalue weighted by Crippen LogP contribution is 2.78. The molecule has 0 N–H and O–H groups in total. The zero-order valence-corrected chi connectivity index (χ0v) is 55.6. The number of allylic oxidation sites excluding steroid dienone is 2. The van der Waals surface area contributed by atoms with Gasteiger partial charge in [-0.25, -0.2) is 0 Å². The number of hydrogen-bond donors (Lipinski definition) is 0. The molecule has 500 valence electrons. The molecular weight excluding hydrogens is 1240 g/mol. The summed E-state index contributed by atoms with van der Waals surface area (Å²) < 4.78 is 0. The molecule has 0 radical (unpaired) electrons. The molecule has 0 spiro atoms. The summed E-state index contributed by atoms with van der Waals surface area (Å²) in [6.07, 6.45) is 7.34. The van der Waals surface area contributed by atoms with Gasteiger partial charge in [0.15, 0.2) is 23.9 Å². The Morgan fingerprint density at radius 2 is 0.704 bits per heavy atom. The first-order valence-electron chi connectivity index (χ1n) is 34.4. The maximum absolute atomic E-state index is 14.6. The van der Waals surface area contributed by atoms with E-state index in [0.717, 1.165) is 56.1 Å². The molecule has 16 atom stereocenters. The maximum atomic E-state index is 14.6. The van der Waals surface area contributed by atoms with Crippen molar-refractivity contribution in [2.24, 2.45) is 46.3 Å². The van der Waals surface area contributed by atoms with Crippen LogP contribution in [0.4, 0.5) is 11.4 Å². The van der Waals surface area contributed by atoms with Crippen LogP contribution in [0.25, 0.3) is 0 Å². The lowest BCUT2D eigenvalue weighted by Crippen LogP contribution is -3.01. The molecule has 4 saturated heterocycles. The first-order valence-corrected chi connectivity index (χ1v) is 34.4. The Kier molecular flexibility index (Phi) is 13.5. The lowest BCUT2D eigenvalue weighted by atomic mass is 9.32. The minimum Gasteiger partial charge on any atom is -0.363 e. The van der Waals surface area contributed by atoms with Crippen molar-refractivity contribution in [1.82, 2.24) is 19.6 Å². The smallest absolute Gasteiger partial charge is 0.276 e. The molecule has 6 saturated carbocycles. The van der Waals surface area contributed by atoms with E-state index in [2.05, 4.69) is 47.3 Å². The zero-order chi connectivity index (χ0) is 68.1. The van der Waals surface area contributed by atoms with Gasteiger partial charge in [0.2, 0.25) is 0 Å². The molecule has 8 heterocycles. The summed E-state index contributed by atoms with van der Waals surface area (Å²) in [5, 5.41) is 56.1. The van der Waals surface area contributed by atoms with E-state index in [1.54, 1.807) is 12.2 Å². The van der Waals surface area contributed by atoms with Crippen LogP contribution in [-0.2, 0) is 35.8 Å². The number of rotatable bonds is 14. The lowest BCUT2D eigenvalue weighted by molar-refractivity contribution is -0.703. The third kappa shape index (κ3) is 8.00.